The first-order chi connectivity index (χ1) is 8.76. The highest BCUT2D eigenvalue weighted by molar-refractivity contribution is 5.42. The summed E-state index contributed by atoms with van der Waals surface area (Å²) in [4.78, 5) is 2.47. The van der Waals surface area contributed by atoms with Gasteiger partial charge in [0.05, 0.1) is 14.2 Å². The molecule has 2 rings (SSSR count). The summed E-state index contributed by atoms with van der Waals surface area (Å²) >= 11 is 0. The second-order valence-electron chi connectivity index (χ2n) is 4.57. The largest absolute Gasteiger partial charge is 0.497 e. The SMILES string of the molecule is COc1ccc([C@H](C)N2CCNCC2)c(OC)c1. The van der Waals surface area contributed by atoms with Crippen LogP contribution >= 0.6 is 0 Å². The third-order valence-electron chi connectivity index (χ3n) is 3.59. The van der Waals surface area contributed by atoms with Crippen LogP contribution in [-0.4, -0.2) is 45.3 Å². The summed E-state index contributed by atoms with van der Waals surface area (Å²) in [6, 6.07) is 6.42. The van der Waals surface area contributed by atoms with Crippen LogP contribution in [0.3, 0.4) is 0 Å². The molecule has 1 aromatic rings. The van der Waals surface area contributed by atoms with E-state index in [1.165, 1.54) is 5.56 Å². The van der Waals surface area contributed by atoms with E-state index in [0.717, 1.165) is 37.7 Å². The number of ether oxygens (including phenoxy) is 2. The summed E-state index contributed by atoms with van der Waals surface area (Å²) in [5.41, 5.74) is 1.22. The molecule has 0 amide bonds. The van der Waals surface area contributed by atoms with Gasteiger partial charge < -0.3 is 14.8 Å². The van der Waals surface area contributed by atoms with Gasteiger partial charge in [0.25, 0.3) is 0 Å². The van der Waals surface area contributed by atoms with Gasteiger partial charge in [-0.3, -0.25) is 4.90 Å². The van der Waals surface area contributed by atoms with E-state index in [-0.39, 0.29) is 0 Å². The molecule has 1 heterocycles. The minimum Gasteiger partial charge on any atom is -0.497 e. The Morgan fingerprint density at radius 1 is 1.17 bits per heavy atom. The number of hydrogen-bond acceptors (Lipinski definition) is 4. The molecule has 1 atom stereocenters. The Balaban J connectivity index is 2.20. The normalized spacial score (nSPS) is 18.4. The zero-order valence-electron chi connectivity index (χ0n) is 11.4. The average molecular weight is 250 g/mol. The van der Waals surface area contributed by atoms with E-state index in [9.17, 15) is 0 Å². The summed E-state index contributed by atoms with van der Waals surface area (Å²) in [5.74, 6) is 1.74. The maximum Gasteiger partial charge on any atom is 0.127 e. The van der Waals surface area contributed by atoms with Crippen LogP contribution in [0.15, 0.2) is 18.2 Å². The van der Waals surface area contributed by atoms with E-state index in [1.807, 2.05) is 12.1 Å². The van der Waals surface area contributed by atoms with Crippen LogP contribution in [0, 0.1) is 0 Å². The summed E-state index contributed by atoms with van der Waals surface area (Å²) in [5, 5.41) is 3.37. The number of nitrogens with one attached hydrogen (secondary N) is 1. The Labute approximate surface area is 109 Å². The lowest BCUT2D eigenvalue weighted by Crippen LogP contribution is -2.44. The van der Waals surface area contributed by atoms with Crippen molar-refractivity contribution in [3.05, 3.63) is 23.8 Å². The zero-order valence-corrected chi connectivity index (χ0v) is 11.4. The fourth-order valence-electron chi connectivity index (χ4n) is 2.43. The maximum atomic E-state index is 5.48. The molecular weight excluding hydrogens is 228 g/mol. The number of rotatable bonds is 4. The number of hydrogen-bond donors (Lipinski definition) is 1. The van der Waals surface area contributed by atoms with Gasteiger partial charge in [-0.2, -0.15) is 0 Å². The highest BCUT2D eigenvalue weighted by atomic mass is 16.5. The van der Waals surface area contributed by atoms with Crippen molar-refractivity contribution in [1.82, 2.24) is 10.2 Å². The Morgan fingerprint density at radius 3 is 2.50 bits per heavy atom. The second-order valence-corrected chi connectivity index (χ2v) is 4.57. The molecule has 0 unspecified atom stereocenters. The van der Waals surface area contributed by atoms with Crippen molar-refractivity contribution in [3.8, 4) is 11.5 Å². The monoisotopic (exact) mass is 250 g/mol. The molecule has 0 aliphatic carbocycles. The van der Waals surface area contributed by atoms with E-state index >= 15 is 0 Å². The van der Waals surface area contributed by atoms with E-state index in [2.05, 4.69) is 23.2 Å². The Bertz CT molecular complexity index is 389. The van der Waals surface area contributed by atoms with Gasteiger partial charge in [-0.05, 0) is 13.0 Å². The van der Waals surface area contributed by atoms with Crippen molar-refractivity contribution in [2.24, 2.45) is 0 Å². The van der Waals surface area contributed by atoms with Crippen LogP contribution in [0.25, 0.3) is 0 Å². The van der Waals surface area contributed by atoms with Crippen LogP contribution in [0.2, 0.25) is 0 Å². The van der Waals surface area contributed by atoms with Crippen LogP contribution in [-0.2, 0) is 0 Å². The van der Waals surface area contributed by atoms with Gasteiger partial charge >= 0.3 is 0 Å². The topological polar surface area (TPSA) is 33.7 Å². The number of methoxy groups -OCH3 is 2. The molecule has 100 valence electrons. The zero-order chi connectivity index (χ0) is 13.0. The quantitative estimate of drug-likeness (QED) is 0.881. The van der Waals surface area contributed by atoms with Gasteiger partial charge in [0, 0.05) is 43.9 Å². The maximum absolute atomic E-state index is 5.48. The van der Waals surface area contributed by atoms with Gasteiger partial charge in [-0.25, -0.2) is 0 Å². The van der Waals surface area contributed by atoms with Crippen molar-refractivity contribution in [2.45, 2.75) is 13.0 Å². The number of piperazine rings is 1. The van der Waals surface area contributed by atoms with Gasteiger partial charge in [0.1, 0.15) is 11.5 Å². The van der Waals surface area contributed by atoms with Crippen LogP contribution in [0.1, 0.15) is 18.5 Å². The molecule has 1 aliphatic heterocycles. The molecule has 1 aliphatic rings. The molecular formula is C14H22N2O2. The first-order valence-corrected chi connectivity index (χ1v) is 6.43. The van der Waals surface area contributed by atoms with Crippen molar-refractivity contribution in [1.29, 1.82) is 0 Å². The first kappa shape index (κ1) is 13.2. The molecule has 1 fully saturated rings. The summed E-state index contributed by atoms with van der Waals surface area (Å²) in [7, 11) is 3.39. The predicted molar refractivity (Wildman–Crippen MR) is 72.4 cm³/mol. The van der Waals surface area contributed by atoms with Crippen LogP contribution in [0.5, 0.6) is 11.5 Å². The highest BCUT2D eigenvalue weighted by Crippen LogP contribution is 2.32. The molecule has 18 heavy (non-hydrogen) atoms. The Hall–Kier alpha value is -1.26. The molecule has 0 spiro atoms. The van der Waals surface area contributed by atoms with Crippen molar-refractivity contribution in [3.63, 3.8) is 0 Å². The molecule has 0 bridgehead atoms. The first-order valence-electron chi connectivity index (χ1n) is 6.43. The van der Waals surface area contributed by atoms with Gasteiger partial charge in [0.2, 0.25) is 0 Å². The standard InChI is InChI=1S/C14H22N2O2/c1-11(16-8-6-15-7-9-16)13-5-4-12(17-2)10-14(13)18-3/h4-5,10-11,15H,6-9H2,1-3H3/t11-/m0/s1. The fourth-order valence-corrected chi connectivity index (χ4v) is 2.43. The number of benzene rings is 1. The van der Waals surface area contributed by atoms with Gasteiger partial charge in [-0.1, -0.05) is 6.07 Å². The smallest absolute Gasteiger partial charge is 0.127 e. The molecule has 1 aromatic carbocycles. The molecule has 4 heteroatoms. The summed E-state index contributed by atoms with van der Waals surface area (Å²) in [6.07, 6.45) is 0. The van der Waals surface area contributed by atoms with Crippen LogP contribution < -0.4 is 14.8 Å². The third-order valence-corrected chi connectivity index (χ3v) is 3.59. The van der Waals surface area contributed by atoms with Crippen LogP contribution in [0.4, 0.5) is 0 Å². The van der Waals surface area contributed by atoms with E-state index in [1.54, 1.807) is 14.2 Å². The average Bonchev–Trinajstić information content (AvgIpc) is 2.46. The van der Waals surface area contributed by atoms with E-state index in [0.29, 0.717) is 6.04 Å². The molecule has 0 aromatic heterocycles. The molecule has 0 saturated carbocycles. The minimum atomic E-state index is 0.368. The fraction of sp³-hybridized carbons (Fsp3) is 0.571. The lowest BCUT2D eigenvalue weighted by molar-refractivity contribution is 0.182. The lowest BCUT2D eigenvalue weighted by Gasteiger charge is -2.33. The molecule has 1 saturated heterocycles. The molecule has 1 N–H and O–H groups in total. The van der Waals surface area contributed by atoms with Crippen molar-refractivity contribution in [2.75, 3.05) is 40.4 Å². The van der Waals surface area contributed by atoms with E-state index < -0.39 is 0 Å². The lowest BCUT2D eigenvalue weighted by atomic mass is 10.0. The van der Waals surface area contributed by atoms with E-state index in [4.69, 9.17) is 9.47 Å². The highest BCUT2D eigenvalue weighted by Gasteiger charge is 2.20. The number of nitrogens with zero attached hydrogens (tertiary/aromatic N) is 1. The van der Waals surface area contributed by atoms with Crippen molar-refractivity contribution >= 4 is 0 Å². The van der Waals surface area contributed by atoms with Crippen molar-refractivity contribution < 1.29 is 9.47 Å². The van der Waals surface area contributed by atoms with Gasteiger partial charge in [0.15, 0.2) is 0 Å². The predicted octanol–water partition coefficient (Wildman–Crippen LogP) is 1.67. The third kappa shape index (κ3) is 2.76. The molecule has 0 radical (unpaired) electrons. The molecule has 4 nitrogen and oxygen atoms in total. The summed E-state index contributed by atoms with van der Waals surface area (Å²) < 4.78 is 10.7. The minimum absolute atomic E-state index is 0.368. The Kier molecular flexibility index (Phi) is 4.44. The second kappa shape index (κ2) is 6.07. The summed E-state index contributed by atoms with van der Waals surface area (Å²) in [6.45, 7) is 6.51. The van der Waals surface area contributed by atoms with Gasteiger partial charge in [-0.15, -0.1) is 0 Å². The Morgan fingerprint density at radius 2 is 1.89 bits per heavy atom.